The van der Waals surface area contributed by atoms with Crippen molar-refractivity contribution in [2.45, 2.75) is 19.5 Å². The van der Waals surface area contributed by atoms with Crippen LogP contribution in [0.3, 0.4) is 0 Å². The molecule has 7 nitrogen and oxygen atoms in total. The van der Waals surface area contributed by atoms with Gasteiger partial charge in [-0.2, -0.15) is 5.26 Å². The lowest BCUT2D eigenvalue weighted by atomic mass is 10.1. The first-order chi connectivity index (χ1) is 13.0. The molecule has 2 heterocycles. The SMILES string of the molecule is Cc1ccc(C#N)cc1Nc1cc2c(ncn2C)c(NC(=O)[C@H]2C[C@H]2F)n1. The minimum absolute atomic E-state index is 0.245. The molecule has 1 amide bonds. The number of rotatable bonds is 4. The molecule has 2 atom stereocenters. The van der Waals surface area contributed by atoms with E-state index in [0.29, 0.717) is 16.9 Å². The van der Waals surface area contributed by atoms with Crippen LogP contribution in [0.15, 0.2) is 30.6 Å². The minimum Gasteiger partial charge on any atom is -0.340 e. The largest absolute Gasteiger partial charge is 0.340 e. The lowest BCUT2D eigenvalue weighted by Crippen LogP contribution is -2.16. The average molecular weight is 364 g/mol. The Hall–Kier alpha value is -3.47. The van der Waals surface area contributed by atoms with E-state index in [9.17, 15) is 9.18 Å². The Kier molecular flexibility index (Phi) is 4.00. The summed E-state index contributed by atoms with van der Waals surface area (Å²) in [4.78, 5) is 20.9. The van der Waals surface area contributed by atoms with Gasteiger partial charge in [0, 0.05) is 18.8 Å². The number of nitrogens with zero attached hydrogens (tertiary/aromatic N) is 4. The van der Waals surface area contributed by atoms with Crippen LogP contribution in [0.4, 0.5) is 21.7 Å². The van der Waals surface area contributed by atoms with E-state index in [-0.39, 0.29) is 18.1 Å². The van der Waals surface area contributed by atoms with Crippen LogP contribution >= 0.6 is 0 Å². The number of hydrogen-bond donors (Lipinski definition) is 2. The van der Waals surface area contributed by atoms with Crippen LogP contribution in [0.25, 0.3) is 11.0 Å². The Morgan fingerprint density at radius 1 is 1.41 bits per heavy atom. The monoisotopic (exact) mass is 364 g/mol. The van der Waals surface area contributed by atoms with Crippen LogP contribution < -0.4 is 10.6 Å². The van der Waals surface area contributed by atoms with E-state index in [0.717, 1.165) is 16.8 Å². The molecule has 0 bridgehead atoms. The summed E-state index contributed by atoms with van der Waals surface area (Å²) >= 11 is 0. The van der Waals surface area contributed by atoms with E-state index < -0.39 is 12.1 Å². The van der Waals surface area contributed by atoms with E-state index in [1.165, 1.54) is 0 Å². The molecule has 0 aliphatic heterocycles. The fourth-order valence-electron chi connectivity index (χ4n) is 2.89. The van der Waals surface area contributed by atoms with E-state index in [1.807, 2.05) is 30.7 Å². The van der Waals surface area contributed by atoms with Gasteiger partial charge in [-0.05, 0) is 31.0 Å². The molecule has 8 heteroatoms. The molecule has 136 valence electrons. The van der Waals surface area contributed by atoms with Gasteiger partial charge in [-0.15, -0.1) is 0 Å². The standard InChI is InChI=1S/C19H17FN6O/c1-10-3-4-11(8-21)5-14(10)23-16-7-15-17(22-9-26(15)2)18(24-16)25-19(27)12-6-13(12)20/h3-5,7,9,12-13H,6H2,1-2H3,(H2,23,24,25,27)/t12-,13+/m0/s1. The molecule has 0 unspecified atom stereocenters. The molecular formula is C19H17FN6O. The summed E-state index contributed by atoms with van der Waals surface area (Å²) in [5.41, 5.74) is 3.52. The summed E-state index contributed by atoms with van der Waals surface area (Å²) in [7, 11) is 1.84. The summed E-state index contributed by atoms with van der Waals surface area (Å²) in [6.07, 6.45) is 0.791. The van der Waals surface area contributed by atoms with Gasteiger partial charge in [0.05, 0.1) is 29.4 Å². The van der Waals surface area contributed by atoms with Crippen LogP contribution in [-0.4, -0.2) is 26.6 Å². The number of halogens is 1. The molecule has 2 N–H and O–H groups in total. The van der Waals surface area contributed by atoms with Gasteiger partial charge in [0.2, 0.25) is 5.91 Å². The van der Waals surface area contributed by atoms with Crippen LogP contribution in [0.5, 0.6) is 0 Å². The van der Waals surface area contributed by atoms with Crippen LogP contribution in [0, 0.1) is 24.2 Å². The number of carbonyl (C=O) groups excluding carboxylic acids is 1. The number of alkyl halides is 1. The Labute approximate surface area is 154 Å². The fraction of sp³-hybridized carbons (Fsp3) is 0.263. The molecular weight excluding hydrogens is 347 g/mol. The molecule has 0 spiro atoms. The van der Waals surface area contributed by atoms with Crippen molar-refractivity contribution in [3.05, 3.63) is 41.7 Å². The minimum atomic E-state index is -1.08. The number of aromatic nitrogens is 3. The number of nitrogens with one attached hydrogen (secondary N) is 2. The molecule has 0 radical (unpaired) electrons. The van der Waals surface area contributed by atoms with Crippen molar-refractivity contribution in [2.24, 2.45) is 13.0 Å². The highest BCUT2D eigenvalue weighted by atomic mass is 19.1. The van der Waals surface area contributed by atoms with Crippen LogP contribution in [0.2, 0.25) is 0 Å². The number of nitriles is 1. The third-order valence-corrected chi connectivity index (χ3v) is 4.63. The summed E-state index contributed by atoms with van der Waals surface area (Å²) < 4.78 is 15.0. The van der Waals surface area contributed by atoms with Gasteiger partial charge >= 0.3 is 0 Å². The maximum atomic E-state index is 13.2. The molecule has 1 aliphatic rings. The van der Waals surface area contributed by atoms with Crippen molar-refractivity contribution in [1.29, 1.82) is 5.26 Å². The number of imidazole rings is 1. The van der Waals surface area contributed by atoms with Gasteiger partial charge in [-0.3, -0.25) is 4.79 Å². The first kappa shape index (κ1) is 17.0. The van der Waals surface area contributed by atoms with Crippen molar-refractivity contribution in [3.8, 4) is 6.07 Å². The lowest BCUT2D eigenvalue weighted by molar-refractivity contribution is -0.117. The molecule has 0 saturated heterocycles. The highest BCUT2D eigenvalue weighted by Gasteiger charge is 2.44. The number of amides is 1. The average Bonchev–Trinajstić information content (AvgIpc) is 3.27. The van der Waals surface area contributed by atoms with E-state index in [2.05, 4.69) is 26.7 Å². The Balaban J connectivity index is 1.72. The summed E-state index contributed by atoms with van der Waals surface area (Å²) in [5, 5.41) is 15.0. The quantitative estimate of drug-likeness (QED) is 0.741. The van der Waals surface area contributed by atoms with Gasteiger partial charge in [0.15, 0.2) is 5.82 Å². The Bertz CT molecular complexity index is 1100. The molecule has 1 aromatic carbocycles. The Morgan fingerprint density at radius 3 is 2.89 bits per heavy atom. The zero-order valence-electron chi connectivity index (χ0n) is 14.8. The third kappa shape index (κ3) is 3.19. The molecule has 1 fully saturated rings. The zero-order valence-corrected chi connectivity index (χ0v) is 14.8. The highest BCUT2D eigenvalue weighted by molar-refractivity contribution is 6.01. The van der Waals surface area contributed by atoms with Crippen LogP contribution in [0.1, 0.15) is 17.5 Å². The number of benzene rings is 1. The highest BCUT2D eigenvalue weighted by Crippen LogP contribution is 2.35. The second-order valence-corrected chi connectivity index (χ2v) is 6.69. The van der Waals surface area contributed by atoms with Crippen molar-refractivity contribution in [3.63, 3.8) is 0 Å². The molecule has 4 rings (SSSR count). The van der Waals surface area contributed by atoms with Gasteiger partial charge in [-0.25, -0.2) is 14.4 Å². The maximum Gasteiger partial charge on any atom is 0.231 e. The fourth-order valence-corrected chi connectivity index (χ4v) is 2.89. The van der Waals surface area contributed by atoms with Crippen molar-refractivity contribution < 1.29 is 9.18 Å². The number of carbonyl (C=O) groups is 1. The van der Waals surface area contributed by atoms with E-state index in [4.69, 9.17) is 5.26 Å². The molecule has 1 saturated carbocycles. The summed E-state index contributed by atoms with van der Waals surface area (Å²) in [6.45, 7) is 1.92. The second kappa shape index (κ2) is 6.36. The predicted octanol–water partition coefficient (Wildman–Crippen LogP) is 3.19. The lowest BCUT2D eigenvalue weighted by Gasteiger charge is -2.12. The first-order valence-electron chi connectivity index (χ1n) is 8.51. The van der Waals surface area contributed by atoms with Gasteiger partial charge in [0.25, 0.3) is 0 Å². The van der Waals surface area contributed by atoms with E-state index in [1.54, 1.807) is 18.5 Å². The van der Waals surface area contributed by atoms with Crippen molar-refractivity contribution in [1.82, 2.24) is 14.5 Å². The Morgan fingerprint density at radius 2 is 2.19 bits per heavy atom. The number of anilines is 3. The third-order valence-electron chi connectivity index (χ3n) is 4.63. The summed E-state index contributed by atoms with van der Waals surface area (Å²) in [5.74, 6) is -0.223. The number of aryl methyl sites for hydroxylation is 2. The first-order valence-corrected chi connectivity index (χ1v) is 8.51. The molecule has 1 aliphatic carbocycles. The summed E-state index contributed by atoms with van der Waals surface area (Å²) in [6, 6.07) is 9.25. The normalized spacial score (nSPS) is 18.1. The van der Waals surface area contributed by atoms with Gasteiger partial charge < -0.3 is 15.2 Å². The second-order valence-electron chi connectivity index (χ2n) is 6.69. The number of pyridine rings is 1. The topological polar surface area (TPSA) is 95.6 Å². The number of hydrogen-bond acceptors (Lipinski definition) is 5. The maximum absolute atomic E-state index is 13.2. The smallest absolute Gasteiger partial charge is 0.231 e. The zero-order chi connectivity index (χ0) is 19.1. The van der Waals surface area contributed by atoms with E-state index >= 15 is 0 Å². The van der Waals surface area contributed by atoms with Crippen molar-refractivity contribution in [2.75, 3.05) is 10.6 Å². The van der Waals surface area contributed by atoms with Crippen molar-refractivity contribution >= 4 is 34.3 Å². The molecule has 3 aromatic rings. The van der Waals surface area contributed by atoms with Gasteiger partial charge in [0.1, 0.15) is 17.5 Å². The number of fused-ring (bicyclic) bond motifs is 1. The van der Waals surface area contributed by atoms with Crippen LogP contribution in [-0.2, 0) is 11.8 Å². The van der Waals surface area contributed by atoms with Gasteiger partial charge in [-0.1, -0.05) is 6.07 Å². The molecule has 27 heavy (non-hydrogen) atoms. The predicted molar refractivity (Wildman–Crippen MR) is 99.3 cm³/mol. The molecule has 2 aromatic heterocycles.